The lowest BCUT2D eigenvalue weighted by atomic mass is 10.0. The van der Waals surface area contributed by atoms with Crippen LogP contribution >= 0.6 is 0 Å². The van der Waals surface area contributed by atoms with Gasteiger partial charge in [0.1, 0.15) is 12.4 Å². The van der Waals surface area contributed by atoms with Gasteiger partial charge in [0.25, 0.3) is 5.91 Å². The quantitative estimate of drug-likeness (QED) is 0.369. The molecule has 168 valence electrons. The van der Waals surface area contributed by atoms with Crippen molar-refractivity contribution in [2.45, 2.75) is 0 Å². The van der Waals surface area contributed by atoms with Crippen molar-refractivity contribution in [1.82, 2.24) is 25.1 Å². The number of aromatic nitrogens is 4. The van der Waals surface area contributed by atoms with E-state index in [2.05, 4.69) is 20.6 Å². The van der Waals surface area contributed by atoms with E-state index in [1.807, 2.05) is 42.5 Å². The van der Waals surface area contributed by atoms with Gasteiger partial charge in [-0.2, -0.15) is 4.52 Å². The molecule has 0 atom stereocenters. The third-order valence-corrected chi connectivity index (χ3v) is 5.21. The van der Waals surface area contributed by atoms with Gasteiger partial charge in [0.15, 0.2) is 11.5 Å². The molecule has 0 unspecified atom stereocenters. The average molecular weight is 453 g/mol. The number of nitrogens with zero attached hydrogens (tertiary/aromatic N) is 4. The molecule has 2 aromatic heterocycles. The second-order valence-electron chi connectivity index (χ2n) is 7.52. The standard InChI is InChI=1S/C26H20FN5O2/c27-22-8-4-7-21(17-22)25-30-29-23-13-14-24(31-32(23)25)34-16-15-28-26(33)20-11-9-19(10-12-20)18-5-2-1-3-6-18/h1-14,17H,15-16H2,(H,28,33). The van der Waals surface area contributed by atoms with Crippen LogP contribution in [0.4, 0.5) is 4.39 Å². The Hall–Kier alpha value is -4.59. The van der Waals surface area contributed by atoms with Crippen molar-refractivity contribution in [3.8, 4) is 28.4 Å². The smallest absolute Gasteiger partial charge is 0.251 e. The van der Waals surface area contributed by atoms with Crippen LogP contribution in [0.15, 0.2) is 91.0 Å². The van der Waals surface area contributed by atoms with Crippen molar-refractivity contribution in [3.05, 3.63) is 102 Å². The zero-order valence-corrected chi connectivity index (χ0v) is 18.1. The first kappa shape index (κ1) is 21.3. The number of halogens is 1. The first-order valence-corrected chi connectivity index (χ1v) is 10.7. The Kier molecular flexibility index (Phi) is 5.94. The minimum atomic E-state index is -0.368. The number of ether oxygens (including phenoxy) is 1. The molecule has 0 aliphatic heterocycles. The van der Waals surface area contributed by atoms with Crippen molar-refractivity contribution in [2.75, 3.05) is 13.2 Å². The van der Waals surface area contributed by atoms with Crippen molar-refractivity contribution < 1.29 is 13.9 Å². The largest absolute Gasteiger partial charge is 0.475 e. The number of nitrogens with one attached hydrogen (secondary N) is 1. The molecule has 3 aromatic carbocycles. The van der Waals surface area contributed by atoms with Gasteiger partial charge in [0.05, 0.1) is 6.54 Å². The van der Waals surface area contributed by atoms with Crippen LogP contribution in [0, 0.1) is 5.82 Å². The Labute approximate surface area is 194 Å². The predicted molar refractivity (Wildman–Crippen MR) is 126 cm³/mol. The SMILES string of the molecule is O=C(NCCOc1ccc2nnc(-c3cccc(F)c3)n2n1)c1ccc(-c2ccccc2)cc1. The average Bonchev–Trinajstić information content (AvgIpc) is 3.30. The number of amides is 1. The number of hydrogen-bond acceptors (Lipinski definition) is 5. The second-order valence-corrected chi connectivity index (χ2v) is 7.52. The molecule has 0 fully saturated rings. The molecule has 5 aromatic rings. The van der Waals surface area contributed by atoms with Crippen LogP contribution in [0.25, 0.3) is 28.2 Å². The summed E-state index contributed by atoms with van der Waals surface area (Å²) in [6, 6.07) is 26.9. The summed E-state index contributed by atoms with van der Waals surface area (Å²) < 4.78 is 20.8. The van der Waals surface area contributed by atoms with Gasteiger partial charge in [-0.3, -0.25) is 4.79 Å². The van der Waals surface area contributed by atoms with E-state index in [4.69, 9.17) is 4.74 Å². The van der Waals surface area contributed by atoms with E-state index in [1.54, 1.807) is 36.4 Å². The first-order chi connectivity index (χ1) is 16.7. The molecule has 0 saturated heterocycles. The van der Waals surface area contributed by atoms with E-state index in [0.29, 0.717) is 35.0 Å². The summed E-state index contributed by atoms with van der Waals surface area (Å²) in [6.07, 6.45) is 0. The van der Waals surface area contributed by atoms with E-state index in [9.17, 15) is 9.18 Å². The highest BCUT2D eigenvalue weighted by Crippen LogP contribution is 2.20. The maximum absolute atomic E-state index is 13.6. The fourth-order valence-corrected chi connectivity index (χ4v) is 3.52. The number of carbonyl (C=O) groups excluding carboxylic acids is 1. The Morgan fingerprint density at radius 2 is 1.62 bits per heavy atom. The topological polar surface area (TPSA) is 81.4 Å². The minimum Gasteiger partial charge on any atom is -0.475 e. The summed E-state index contributed by atoms with van der Waals surface area (Å²) in [6.45, 7) is 0.529. The fraction of sp³-hybridized carbons (Fsp3) is 0.0769. The van der Waals surface area contributed by atoms with Crippen molar-refractivity contribution in [1.29, 1.82) is 0 Å². The lowest BCUT2D eigenvalue weighted by Crippen LogP contribution is -2.28. The molecule has 5 rings (SSSR count). The van der Waals surface area contributed by atoms with Gasteiger partial charge in [0, 0.05) is 17.2 Å². The van der Waals surface area contributed by atoms with Crippen LogP contribution in [0.5, 0.6) is 5.88 Å². The summed E-state index contributed by atoms with van der Waals surface area (Å²) in [5.41, 5.74) is 3.79. The van der Waals surface area contributed by atoms with Crippen LogP contribution in [0.2, 0.25) is 0 Å². The molecule has 2 heterocycles. The zero-order valence-electron chi connectivity index (χ0n) is 18.1. The Balaban J connectivity index is 1.18. The van der Waals surface area contributed by atoms with Gasteiger partial charge in [-0.25, -0.2) is 4.39 Å². The van der Waals surface area contributed by atoms with Crippen molar-refractivity contribution >= 4 is 11.6 Å². The van der Waals surface area contributed by atoms with E-state index in [1.165, 1.54) is 16.6 Å². The van der Waals surface area contributed by atoms with Gasteiger partial charge in [-0.05, 0) is 41.5 Å². The Bertz CT molecular complexity index is 1440. The molecule has 0 saturated carbocycles. The zero-order chi connectivity index (χ0) is 23.3. The number of benzene rings is 3. The van der Waals surface area contributed by atoms with E-state index < -0.39 is 0 Å². The molecule has 1 N–H and O–H groups in total. The van der Waals surface area contributed by atoms with E-state index >= 15 is 0 Å². The van der Waals surface area contributed by atoms with Gasteiger partial charge in [0.2, 0.25) is 5.88 Å². The van der Waals surface area contributed by atoms with Crippen molar-refractivity contribution in [2.24, 2.45) is 0 Å². The summed E-state index contributed by atoms with van der Waals surface area (Å²) in [7, 11) is 0. The van der Waals surface area contributed by atoms with Crippen LogP contribution in [0.1, 0.15) is 10.4 Å². The van der Waals surface area contributed by atoms with Crippen LogP contribution in [-0.2, 0) is 0 Å². The summed E-state index contributed by atoms with van der Waals surface area (Å²) in [5, 5.41) is 15.4. The monoisotopic (exact) mass is 453 g/mol. The summed E-state index contributed by atoms with van der Waals surface area (Å²) in [5.74, 6) is 0.199. The van der Waals surface area contributed by atoms with Gasteiger partial charge in [-0.1, -0.05) is 54.6 Å². The summed E-state index contributed by atoms with van der Waals surface area (Å²) >= 11 is 0. The minimum absolute atomic E-state index is 0.182. The molecule has 0 aliphatic carbocycles. The maximum atomic E-state index is 13.6. The molecule has 1 amide bonds. The first-order valence-electron chi connectivity index (χ1n) is 10.7. The molecule has 8 heteroatoms. The maximum Gasteiger partial charge on any atom is 0.251 e. The third-order valence-electron chi connectivity index (χ3n) is 5.21. The number of hydrogen-bond donors (Lipinski definition) is 1. The number of rotatable bonds is 7. The molecule has 34 heavy (non-hydrogen) atoms. The normalized spacial score (nSPS) is 10.9. The molecule has 0 radical (unpaired) electrons. The molecular formula is C26H20FN5O2. The Morgan fingerprint density at radius 1 is 0.853 bits per heavy atom. The molecular weight excluding hydrogens is 433 g/mol. The van der Waals surface area contributed by atoms with Crippen LogP contribution < -0.4 is 10.1 Å². The lowest BCUT2D eigenvalue weighted by Gasteiger charge is -2.08. The molecule has 0 bridgehead atoms. The molecule has 0 aliphatic rings. The molecule has 0 spiro atoms. The van der Waals surface area contributed by atoms with Gasteiger partial charge >= 0.3 is 0 Å². The van der Waals surface area contributed by atoms with Crippen molar-refractivity contribution in [3.63, 3.8) is 0 Å². The lowest BCUT2D eigenvalue weighted by molar-refractivity contribution is 0.0946. The number of carbonyl (C=O) groups is 1. The highest BCUT2D eigenvalue weighted by Gasteiger charge is 2.11. The van der Waals surface area contributed by atoms with E-state index in [0.717, 1.165) is 11.1 Å². The Morgan fingerprint density at radius 3 is 2.41 bits per heavy atom. The fourth-order valence-electron chi connectivity index (χ4n) is 3.52. The second kappa shape index (κ2) is 9.50. The highest BCUT2D eigenvalue weighted by molar-refractivity contribution is 5.94. The van der Waals surface area contributed by atoms with E-state index in [-0.39, 0.29) is 18.3 Å². The van der Waals surface area contributed by atoms with Crippen LogP contribution in [0.3, 0.4) is 0 Å². The highest BCUT2D eigenvalue weighted by atomic mass is 19.1. The summed E-state index contributed by atoms with van der Waals surface area (Å²) in [4.78, 5) is 12.4. The third kappa shape index (κ3) is 4.61. The van der Waals surface area contributed by atoms with Gasteiger partial charge in [-0.15, -0.1) is 15.3 Å². The molecule has 7 nitrogen and oxygen atoms in total. The number of fused-ring (bicyclic) bond motifs is 1. The van der Waals surface area contributed by atoms with Crippen LogP contribution in [-0.4, -0.2) is 38.9 Å². The predicted octanol–water partition coefficient (Wildman–Crippen LogP) is 4.41. The van der Waals surface area contributed by atoms with Gasteiger partial charge < -0.3 is 10.1 Å².